The van der Waals surface area contributed by atoms with E-state index in [9.17, 15) is 4.79 Å². The van der Waals surface area contributed by atoms with Crippen molar-refractivity contribution in [1.29, 1.82) is 0 Å². The second-order valence-electron chi connectivity index (χ2n) is 4.53. The Morgan fingerprint density at radius 1 is 1.71 bits per heavy atom. The Balaban J connectivity index is 1.91. The van der Waals surface area contributed by atoms with E-state index >= 15 is 0 Å². The van der Waals surface area contributed by atoms with Gasteiger partial charge in [0, 0.05) is 19.2 Å². The molecule has 0 amide bonds. The highest BCUT2D eigenvalue weighted by Crippen LogP contribution is 2.19. The number of esters is 1. The highest BCUT2D eigenvalue weighted by Gasteiger charge is 2.26. The first-order valence-corrected chi connectivity index (χ1v) is 5.91. The van der Waals surface area contributed by atoms with Crippen molar-refractivity contribution in [3.05, 3.63) is 17.5 Å². The van der Waals surface area contributed by atoms with Crippen molar-refractivity contribution >= 4 is 5.97 Å². The monoisotopic (exact) mass is 238 g/mol. The summed E-state index contributed by atoms with van der Waals surface area (Å²) in [5.74, 6) is 0.717. The molecule has 1 fully saturated rings. The Morgan fingerprint density at radius 3 is 3.18 bits per heavy atom. The van der Waals surface area contributed by atoms with Crippen LogP contribution in [0, 0.1) is 12.8 Å². The molecule has 5 heteroatoms. The van der Waals surface area contributed by atoms with Crippen LogP contribution in [0.4, 0.5) is 0 Å². The van der Waals surface area contributed by atoms with Gasteiger partial charge < -0.3 is 9.26 Å². The van der Waals surface area contributed by atoms with Gasteiger partial charge in [-0.1, -0.05) is 5.16 Å². The quantitative estimate of drug-likeness (QED) is 0.744. The molecule has 0 N–H and O–H groups in total. The maximum atomic E-state index is 11.5. The van der Waals surface area contributed by atoms with Gasteiger partial charge in [0.1, 0.15) is 5.76 Å². The molecule has 0 saturated carbocycles. The third-order valence-corrected chi connectivity index (χ3v) is 3.10. The third-order valence-electron chi connectivity index (χ3n) is 3.10. The first kappa shape index (κ1) is 12.1. The third kappa shape index (κ3) is 3.06. The van der Waals surface area contributed by atoms with Gasteiger partial charge in [0.05, 0.1) is 18.7 Å². The van der Waals surface area contributed by atoms with E-state index < -0.39 is 0 Å². The highest BCUT2D eigenvalue weighted by atomic mass is 16.5. The maximum Gasteiger partial charge on any atom is 0.309 e. The van der Waals surface area contributed by atoms with E-state index in [2.05, 4.69) is 10.1 Å². The summed E-state index contributed by atoms with van der Waals surface area (Å²) >= 11 is 0. The predicted molar refractivity (Wildman–Crippen MR) is 61.3 cm³/mol. The number of aryl methyl sites for hydroxylation is 1. The van der Waals surface area contributed by atoms with E-state index in [1.807, 2.05) is 13.0 Å². The topological polar surface area (TPSA) is 55.6 Å². The van der Waals surface area contributed by atoms with Gasteiger partial charge >= 0.3 is 5.97 Å². The molecule has 0 aromatic carbocycles. The van der Waals surface area contributed by atoms with Gasteiger partial charge in [0.2, 0.25) is 0 Å². The van der Waals surface area contributed by atoms with Gasteiger partial charge in [-0.3, -0.25) is 9.69 Å². The molecule has 1 aliphatic heterocycles. The van der Waals surface area contributed by atoms with Crippen molar-refractivity contribution < 1.29 is 14.1 Å². The average Bonchev–Trinajstić information content (AvgIpc) is 2.74. The Bertz CT molecular complexity index is 389. The Kier molecular flexibility index (Phi) is 3.78. The Labute approximate surface area is 101 Å². The summed E-state index contributed by atoms with van der Waals surface area (Å²) in [7, 11) is 1.45. The van der Waals surface area contributed by atoms with Crippen LogP contribution in [0.1, 0.15) is 24.3 Å². The lowest BCUT2D eigenvalue weighted by atomic mass is 9.98. The van der Waals surface area contributed by atoms with Crippen molar-refractivity contribution in [1.82, 2.24) is 10.1 Å². The second-order valence-corrected chi connectivity index (χ2v) is 4.53. The normalized spacial score (nSPS) is 21.4. The van der Waals surface area contributed by atoms with Gasteiger partial charge in [-0.15, -0.1) is 0 Å². The van der Waals surface area contributed by atoms with Crippen molar-refractivity contribution in [2.24, 2.45) is 5.92 Å². The van der Waals surface area contributed by atoms with Crippen molar-refractivity contribution in [3.8, 4) is 0 Å². The smallest absolute Gasteiger partial charge is 0.309 e. The molecule has 1 aliphatic rings. The van der Waals surface area contributed by atoms with Crippen LogP contribution in [-0.4, -0.2) is 36.2 Å². The number of likely N-dealkylation sites (tertiary alicyclic amines) is 1. The lowest BCUT2D eigenvalue weighted by molar-refractivity contribution is -0.147. The molecule has 2 rings (SSSR count). The molecule has 1 aromatic rings. The SMILES string of the molecule is COC(=O)C1CCCN(Cc2cc(C)on2)C1. The number of aromatic nitrogens is 1. The maximum absolute atomic E-state index is 11.5. The summed E-state index contributed by atoms with van der Waals surface area (Å²) < 4.78 is 9.83. The van der Waals surface area contributed by atoms with Gasteiger partial charge in [-0.05, 0) is 26.3 Å². The largest absolute Gasteiger partial charge is 0.469 e. The van der Waals surface area contributed by atoms with Gasteiger partial charge in [0.15, 0.2) is 0 Å². The number of piperidine rings is 1. The summed E-state index contributed by atoms with van der Waals surface area (Å²) in [5.41, 5.74) is 0.924. The van der Waals surface area contributed by atoms with Crippen LogP contribution in [0.15, 0.2) is 10.6 Å². The molecule has 0 aliphatic carbocycles. The number of methoxy groups -OCH3 is 1. The van der Waals surface area contributed by atoms with Crippen LogP contribution in [-0.2, 0) is 16.1 Å². The zero-order valence-electron chi connectivity index (χ0n) is 10.3. The number of nitrogens with zero attached hydrogens (tertiary/aromatic N) is 2. The lowest BCUT2D eigenvalue weighted by Gasteiger charge is -2.30. The van der Waals surface area contributed by atoms with E-state index in [0.29, 0.717) is 0 Å². The van der Waals surface area contributed by atoms with E-state index in [-0.39, 0.29) is 11.9 Å². The highest BCUT2D eigenvalue weighted by molar-refractivity contribution is 5.72. The number of rotatable bonds is 3. The van der Waals surface area contributed by atoms with E-state index in [1.165, 1.54) is 7.11 Å². The molecule has 2 heterocycles. The molecule has 17 heavy (non-hydrogen) atoms. The van der Waals surface area contributed by atoms with Gasteiger partial charge in [-0.2, -0.15) is 0 Å². The van der Waals surface area contributed by atoms with Crippen molar-refractivity contribution in [2.45, 2.75) is 26.3 Å². The first-order chi connectivity index (χ1) is 8.19. The molecule has 1 aromatic heterocycles. The minimum absolute atomic E-state index is 0.00162. The first-order valence-electron chi connectivity index (χ1n) is 5.91. The van der Waals surface area contributed by atoms with Crippen LogP contribution >= 0.6 is 0 Å². The molecule has 5 nitrogen and oxygen atoms in total. The van der Waals surface area contributed by atoms with E-state index in [4.69, 9.17) is 9.26 Å². The molecule has 0 spiro atoms. The number of hydrogen-bond donors (Lipinski definition) is 0. The fourth-order valence-corrected chi connectivity index (χ4v) is 2.28. The van der Waals surface area contributed by atoms with Gasteiger partial charge in [0.25, 0.3) is 0 Å². The molecular formula is C12H18N2O3. The number of hydrogen-bond acceptors (Lipinski definition) is 5. The number of carbonyl (C=O) groups excluding carboxylic acids is 1. The summed E-state index contributed by atoms with van der Waals surface area (Å²) in [6.45, 7) is 4.37. The summed E-state index contributed by atoms with van der Waals surface area (Å²) in [4.78, 5) is 13.7. The lowest BCUT2D eigenvalue weighted by Crippen LogP contribution is -2.38. The molecule has 1 saturated heterocycles. The molecule has 0 radical (unpaired) electrons. The Morgan fingerprint density at radius 2 is 2.53 bits per heavy atom. The molecular weight excluding hydrogens is 220 g/mol. The van der Waals surface area contributed by atoms with Crippen LogP contribution in [0.3, 0.4) is 0 Å². The standard InChI is InChI=1S/C12H18N2O3/c1-9-6-11(13-17-9)8-14-5-3-4-10(7-14)12(15)16-2/h6,10H,3-5,7-8H2,1-2H3. The molecule has 1 atom stereocenters. The van der Waals surface area contributed by atoms with Crippen molar-refractivity contribution in [3.63, 3.8) is 0 Å². The summed E-state index contributed by atoms with van der Waals surface area (Å²) in [5, 5.41) is 3.97. The molecule has 0 bridgehead atoms. The van der Waals surface area contributed by atoms with E-state index in [0.717, 1.165) is 43.9 Å². The van der Waals surface area contributed by atoms with E-state index in [1.54, 1.807) is 0 Å². The number of carbonyl (C=O) groups is 1. The second kappa shape index (κ2) is 5.31. The molecule has 1 unspecified atom stereocenters. The molecule has 94 valence electrons. The van der Waals surface area contributed by atoms with Crippen molar-refractivity contribution in [2.75, 3.05) is 20.2 Å². The zero-order chi connectivity index (χ0) is 12.3. The van der Waals surface area contributed by atoms with Gasteiger partial charge in [-0.25, -0.2) is 0 Å². The minimum atomic E-state index is -0.106. The van der Waals surface area contributed by atoms with Crippen LogP contribution in [0.5, 0.6) is 0 Å². The number of ether oxygens (including phenoxy) is 1. The predicted octanol–water partition coefficient (Wildman–Crippen LogP) is 1.37. The van der Waals surface area contributed by atoms with Crippen LogP contribution in [0.25, 0.3) is 0 Å². The fourth-order valence-electron chi connectivity index (χ4n) is 2.28. The van der Waals surface area contributed by atoms with Crippen LogP contribution in [0.2, 0.25) is 0 Å². The summed E-state index contributed by atoms with van der Waals surface area (Å²) in [6.07, 6.45) is 1.94. The van der Waals surface area contributed by atoms with Crippen LogP contribution < -0.4 is 0 Å². The minimum Gasteiger partial charge on any atom is -0.469 e. The Hall–Kier alpha value is -1.36. The summed E-state index contributed by atoms with van der Waals surface area (Å²) in [6, 6.07) is 1.93. The zero-order valence-corrected chi connectivity index (χ0v) is 10.3. The average molecular weight is 238 g/mol. The fraction of sp³-hybridized carbons (Fsp3) is 0.667.